The molecule has 1 atom stereocenters. The Kier molecular flexibility index (Phi) is 4.71. The summed E-state index contributed by atoms with van der Waals surface area (Å²) in [6.45, 7) is 2.25. The third kappa shape index (κ3) is 3.18. The molecule has 1 unspecified atom stereocenters. The van der Waals surface area contributed by atoms with Gasteiger partial charge in [0, 0.05) is 19.2 Å². The number of halogens is 1. The number of ether oxygens (including phenoxy) is 2. The summed E-state index contributed by atoms with van der Waals surface area (Å²) >= 11 is 0. The maximum Gasteiger partial charge on any atom is 0.148 e. The molecule has 0 bridgehead atoms. The molecule has 0 spiro atoms. The molecule has 0 fully saturated rings. The van der Waals surface area contributed by atoms with E-state index in [1.54, 1.807) is 31.4 Å². The molecule has 0 saturated carbocycles. The first-order valence-electron chi connectivity index (χ1n) is 5.22. The molecule has 0 radical (unpaired) electrons. The van der Waals surface area contributed by atoms with Gasteiger partial charge in [0.25, 0.3) is 0 Å². The summed E-state index contributed by atoms with van der Waals surface area (Å²) < 4.78 is 24.4. The van der Waals surface area contributed by atoms with E-state index >= 15 is 0 Å². The summed E-state index contributed by atoms with van der Waals surface area (Å²) in [6, 6.07) is 7.00. The molecule has 3 nitrogen and oxygen atoms in total. The van der Waals surface area contributed by atoms with Crippen LogP contribution in [0.3, 0.4) is 0 Å². The minimum Gasteiger partial charge on any atom is -0.491 e. The van der Waals surface area contributed by atoms with Crippen molar-refractivity contribution >= 4 is 0 Å². The van der Waals surface area contributed by atoms with Crippen LogP contribution in [0.1, 0.15) is 12.5 Å². The van der Waals surface area contributed by atoms with E-state index in [0.29, 0.717) is 24.5 Å². The summed E-state index contributed by atoms with van der Waals surface area (Å²) in [7, 11) is 1.59. The van der Waals surface area contributed by atoms with Crippen molar-refractivity contribution in [2.45, 2.75) is 12.6 Å². The third-order valence-electron chi connectivity index (χ3n) is 2.38. The molecule has 0 aromatic heterocycles. The van der Waals surface area contributed by atoms with Crippen LogP contribution >= 0.6 is 0 Å². The standard InChI is InChI=1S/C12H18FNO2/c1-12(13,9-14)10-5-3-4-6-11(10)16-8-7-15-2/h3-6H,7-9,14H2,1-2H3. The van der Waals surface area contributed by atoms with Crippen LogP contribution in [0.15, 0.2) is 24.3 Å². The highest BCUT2D eigenvalue weighted by molar-refractivity contribution is 5.37. The molecule has 1 aromatic carbocycles. The Hall–Kier alpha value is -1.13. The highest BCUT2D eigenvalue weighted by Gasteiger charge is 2.27. The normalized spacial score (nSPS) is 14.5. The highest BCUT2D eigenvalue weighted by atomic mass is 19.1. The molecule has 16 heavy (non-hydrogen) atoms. The largest absolute Gasteiger partial charge is 0.491 e. The van der Waals surface area contributed by atoms with Gasteiger partial charge in [-0.15, -0.1) is 0 Å². The number of rotatable bonds is 6. The van der Waals surface area contributed by atoms with Gasteiger partial charge in [-0.3, -0.25) is 0 Å². The fourth-order valence-electron chi connectivity index (χ4n) is 1.37. The molecule has 0 aliphatic carbocycles. The first kappa shape index (κ1) is 12.9. The number of nitrogens with two attached hydrogens (primary N) is 1. The number of hydrogen-bond acceptors (Lipinski definition) is 3. The number of para-hydroxylation sites is 1. The molecule has 0 heterocycles. The van der Waals surface area contributed by atoms with Gasteiger partial charge in [0.05, 0.1) is 6.61 Å². The first-order valence-corrected chi connectivity index (χ1v) is 5.22. The van der Waals surface area contributed by atoms with Crippen LogP contribution in [0.4, 0.5) is 4.39 Å². The predicted octanol–water partition coefficient (Wildman–Crippen LogP) is 1.86. The Bertz CT molecular complexity index is 329. The van der Waals surface area contributed by atoms with Crippen LogP contribution in [0.2, 0.25) is 0 Å². The zero-order valence-electron chi connectivity index (χ0n) is 9.70. The van der Waals surface area contributed by atoms with Gasteiger partial charge in [-0.2, -0.15) is 0 Å². The third-order valence-corrected chi connectivity index (χ3v) is 2.38. The van der Waals surface area contributed by atoms with E-state index in [4.69, 9.17) is 15.2 Å². The van der Waals surface area contributed by atoms with Gasteiger partial charge < -0.3 is 15.2 Å². The summed E-state index contributed by atoms with van der Waals surface area (Å²) in [6.07, 6.45) is 0. The smallest absolute Gasteiger partial charge is 0.148 e. The van der Waals surface area contributed by atoms with Gasteiger partial charge in [0.2, 0.25) is 0 Å². The van der Waals surface area contributed by atoms with E-state index in [2.05, 4.69) is 0 Å². The SMILES string of the molecule is COCCOc1ccccc1C(C)(F)CN. The van der Waals surface area contributed by atoms with Crippen LogP contribution in [-0.4, -0.2) is 26.9 Å². The zero-order chi connectivity index (χ0) is 12.0. The molecule has 0 amide bonds. The zero-order valence-corrected chi connectivity index (χ0v) is 9.70. The van der Waals surface area contributed by atoms with Crippen LogP contribution in [0.5, 0.6) is 5.75 Å². The van der Waals surface area contributed by atoms with E-state index in [0.717, 1.165) is 0 Å². The summed E-state index contributed by atoms with van der Waals surface area (Å²) in [5.74, 6) is 0.523. The molecule has 90 valence electrons. The van der Waals surface area contributed by atoms with E-state index in [1.807, 2.05) is 0 Å². The number of hydrogen-bond donors (Lipinski definition) is 1. The topological polar surface area (TPSA) is 44.5 Å². The lowest BCUT2D eigenvalue weighted by atomic mass is 9.97. The van der Waals surface area contributed by atoms with Crippen LogP contribution in [-0.2, 0) is 10.4 Å². The average molecular weight is 227 g/mol. The fraction of sp³-hybridized carbons (Fsp3) is 0.500. The average Bonchev–Trinajstić information content (AvgIpc) is 2.30. The summed E-state index contributed by atoms with van der Waals surface area (Å²) in [5, 5.41) is 0. The van der Waals surface area contributed by atoms with Gasteiger partial charge in [-0.05, 0) is 13.0 Å². The van der Waals surface area contributed by atoms with E-state index in [9.17, 15) is 4.39 Å². The lowest BCUT2D eigenvalue weighted by Gasteiger charge is -2.21. The quantitative estimate of drug-likeness (QED) is 0.754. The van der Waals surface area contributed by atoms with Crippen molar-refractivity contribution in [1.29, 1.82) is 0 Å². The molecule has 1 rings (SSSR count). The number of methoxy groups -OCH3 is 1. The maximum atomic E-state index is 14.1. The van der Waals surface area contributed by atoms with Gasteiger partial charge in [-0.25, -0.2) is 4.39 Å². The van der Waals surface area contributed by atoms with Crippen molar-refractivity contribution in [1.82, 2.24) is 0 Å². The molecule has 1 aromatic rings. The monoisotopic (exact) mass is 227 g/mol. The Balaban J connectivity index is 2.83. The molecular weight excluding hydrogens is 209 g/mol. The van der Waals surface area contributed by atoms with E-state index in [-0.39, 0.29) is 6.54 Å². The van der Waals surface area contributed by atoms with Crippen LogP contribution in [0.25, 0.3) is 0 Å². The van der Waals surface area contributed by atoms with E-state index < -0.39 is 5.67 Å². The Morgan fingerprint density at radius 3 is 2.62 bits per heavy atom. The molecule has 0 aliphatic heterocycles. The maximum absolute atomic E-state index is 14.1. The van der Waals surface area contributed by atoms with Crippen molar-refractivity contribution in [2.75, 3.05) is 26.9 Å². The molecule has 4 heteroatoms. The van der Waals surface area contributed by atoms with E-state index in [1.165, 1.54) is 6.92 Å². The second kappa shape index (κ2) is 5.82. The molecular formula is C12H18FNO2. The number of alkyl halides is 1. The van der Waals surface area contributed by atoms with Gasteiger partial charge in [-0.1, -0.05) is 18.2 Å². The second-order valence-electron chi connectivity index (χ2n) is 3.74. The predicted molar refractivity (Wildman–Crippen MR) is 61.3 cm³/mol. The highest BCUT2D eigenvalue weighted by Crippen LogP contribution is 2.32. The van der Waals surface area contributed by atoms with Crippen molar-refractivity contribution in [3.8, 4) is 5.75 Å². The summed E-state index contributed by atoms with van der Waals surface area (Å²) in [4.78, 5) is 0. The van der Waals surface area contributed by atoms with Crippen LogP contribution < -0.4 is 10.5 Å². The minimum atomic E-state index is -1.57. The molecule has 0 saturated heterocycles. The van der Waals surface area contributed by atoms with Crippen LogP contribution in [0, 0.1) is 0 Å². The Labute approximate surface area is 95.4 Å². The van der Waals surface area contributed by atoms with Crippen molar-refractivity contribution in [3.63, 3.8) is 0 Å². The number of benzene rings is 1. The lowest BCUT2D eigenvalue weighted by Crippen LogP contribution is -2.27. The Morgan fingerprint density at radius 2 is 2.00 bits per heavy atom. The fourth-order valence-corrected chi connectivity index (χ4v) is 1.37. The lowest BCUT2D eigenvalue weighted by molar-refractivity contribution is 0.139. The van der Waals surface area contributed by atoms with Crippen molar-refractivity contribution in [3.05, 3.63) is 29.8 Å². The minimum absolute atomic E-state index is 0.0718. The summed E-state index contributed by atoms with van der Waals surface area (Å²) in [5.41, 5.74) is 4.32. The van der Waals surface area contributed by atoms with Crippen molar-refractivity contribution in [2.24, 2.45) is 5.73 Å². The van der Waals surface area contributed by atoms with Gasteiger partial charge in [0.15, 0.2) is 0 Å². The Morgan fingerprint density at radius 1 is 1.31 bits per heavy atom. The molecule has 2 N–H and O–H groups in total. The van der Waals surface area contributed by atoms with Crippen molar-refractivity contribution < 1.29 is 13.9 Å². The van der Waals surface area contributed by atoms with Gasteiger partial charge in [0.1, 0.15) is 18.0 Å². The second-order valence-corrected chi connectivity index (χ2v) is 3.74. The van der Waals surface area contributed by atoms with Gasteiger partial charge >= 0.3 is 0 Å². The first-order chi connectivity index (χ1) is 7.61. The molecule has 0 aliphatic rings.